The van der Waals surface area contributed by atoms with Gasteiger partial charge in [0.1, 0.15) is 5.82 Å². The number of rotatable bonds is 3. The van der Waals surface area contributed by atoms with E-state index in [9.17, 15) is 14.0 Å². The normalized spacial score (nSPS) is 19.0. The van der Waals surface area contributed by atoms with Gasteiger partial charge >= 0.3 is 5.97 Å². The highest BCUT2D eigenvalue weighted by Crippen LogP contribution is 2.35. The Bertz CT molecular complexity index is 550. The van der Waals surface area contributed by atoms with Gasteiger partial charge in [-0.05, 0) is 18.1 Å². The number of carboxylic acids is 1. The number of halogens is 3. The maximum atomic E-state index is 13.2. The average Bonchev–Trinajstić information content (AvgIpc) is 2.69. The molecule has 0 aliphatic carbocycles. The maximum Gasteiger partial charge on any atom is 0.337 e. The zero-order valence-electron chi connectivity index (χ0n) is 9.70. The Morgan fingerprint density at radius 1 is 1.53 bits per heavy atom. The molecule has 0 radical (unpaired) electrons. The van der Waals surface area contributed by atoms with Crippen LogP contribution in [0.2, 0.25) is 5.02 Å². The number of anilines is 1. The van der Waals surface area contributed by atoms with E-state index in [0.29, 0.717) is 5.88 Å². The van der Waals surface area contributed by atoms with E-state index < -0.39 is 11.8 Å². The first-order valence-electron chi connectivity index (χ1n) is 5.52. The zero-order chi connectivity index (χ0) is 14.2. The van der Waals surface area contributed by atoms with Gasteiger partial charge in [-0.3, -0.25) is 4.79 Å². The Kier molecular flexibility index (Phi) is 3.96. The summed E-state index contributed by atoms with van der Waals surface area (Å²) in [5.74, 6) is -2.12. The minimum Gasteiger partial charge on any atom is -0.478 e. The monoisotopic (exact) mass is 305 g/mol. The molecule has 0 aromatic heterocycles. The van der Waals surface area contributed by atoms with Gasteiger partial charge in [0.25, 0.3) is 0 Å². The van der Waals surface area contributed by atoms with Crippen molar-refractivity contribution in [3.05, 3.63) is 28.5 Å². The second kappa shape index (κ2) is 5.35. The molecule has 1 amide bonds. The van der Waals surface area contributed by atoms with Gasteiger partial charge in [-0.25, -0.2) is 9.18 Å². The second-order valence-corrected chi connectivity index (χ2v) is 5.03. The Morgan fingerprint density at radius 2 is 2.21 bits per heavy atom. The molecule has 0 saturated carbocycles. The summed E-state index contributed by atoms with van der Waals surface area (Å²) >= 11 is 11.6. The van der Waals surface area contributed by atoms with Gasteiger partial charge in [0.05, 0.1) is 16.3 Å². The van der Waals surface area contributed by atoms with Crippen LogP contribution in [0.15, 0.2) is 12.1 Å². The van der Waals surface area contributed by atoms with Crippen LogP contribution in [0.3, 0.4) is 0 Å². The molecule has 4 nitrogen and oxygen atoms in total. The number of alkyl halides is 1. The Morgan fingerprint density at radius 3 is 2.74 bits per heavy atom. The van der Waals surface area contributed by atoms with E-state index in [1.165, 1.54) is 4.90 Å². The first kappa shape index (κ1) is 14.1. The molecule has 1 saturated heterocycles. The standard InChI is InChI=1S/C12H10Cl2FNO3/c13-4-6-1-10(17)16(5-6)11-8(12(18)19)2-7(15)3-9(11)14/h2-3,6H,1,4-5H2,(H,18,19). The van der Waals surface area contributed by atoms with Gasteiger partial charge in [0, 0.05) is 18.8 Å². The summed E-state index contributed by atoms with van der Waals surface area (Å²) in [5.41, 5.74) is -0.290. The van der Waals surface area contributed by atoms with Crippen molar-refractivity contribution in [3.63, 3.8) is 0 Å². The van der Waals surface area contributed by atoms with Gasteiger partial charge in [-0.2, -0.15) is 0 Å². The molecule has 102 valence electrons. The van der Waals surface area contributed by atoms with Crippen molar-refractivity contribution in [1.82, 2.24) is 0 Å². The summed E-state index contributed by atoms with van der Waals surface area (Å²) < 4.78 is 13.2. The predicted octanol–water partition coefficient (Wildman–Crippen LogP) is 2.77. The van der Waals surface area contributed by atoms with Crippen LogP contribution in [0.5, 0.6) is 0 Å². The van der Waals surface area contributed by atoms with Crippen LogP contribution in [0.25, 0.3) is 0 Å². The molecular weight excluding hydrogens is 296 g/mol. The number of amides is 1. The fourth-order valence-electron chi connectivity index (χ4n) is 2.10. The number of carboxylic acid groups (broad SMARTS) is 1. The van der Waals surface area contributed by atoms with Crippen molar-refractivity contribution in [2.24, 2.45) is 5.92 Å². The third kappa shape index (κ3) is 2.67. The minimum absolute atomic E-state index is 0.0354. The van der Waals surface area contributed by atoms with E-state index >= 15 is 0 Å². The van der Waals surface area contributed by atoms with Gasteiger partial charge in [0.15, 0.2) is 0 Å². The van der Waals surface area contributed by atoms with Crippen molar-refractivity contribution in [3.8, 4) is 0 Å². The lowest BCUT2D eigenvalue weighted by atomic mass is 10.1. The van der Waals surface area contributed by atoms with Gasteiger partial charge in [0.2, 0.25) is 5.91 Å². The summed E-state index contributed by atoms with van der Waals surface area (Å²) in [6, 6.07) is 1.84. The van der Waals surface area contributed by atoms with E-state index in [1.54, 1.807) is 0 Å². The van der Waals surface area contributed by atoms with Crippen LogP contribution in [-0.2, 0) is 4.79 Å². The molecule has 0 spiro atoms. The van der Waals surface area contributed by atoms with Crippen LogP contribution in [0, 0.1) is 11.7 Å². The van der Waals surface area contributed by atoms with Gasteiger partial charge in [-0.15, -0.1) is 11.6 Å². The van der Waals surface area contributed by atoms with E-state index in [1.807, 2.05) is 0 Å². The summed E-state index contributed by atoms with van der Waals surface area (Å²) in [4.78, 5) is 24.3. The molecule has 1 aromatic carbocycles. The molecule has 1 fully saturated rings. The number of aromatic carboxylic acids is 1. The summed E-state index contributed by atoms with van der Waals surface area (Å²) in [6.45, 7) is 0.286. The Labute approximate surface area is 118 Å². The molecule has 1 aromatic rings. The molecule has 1 heterocycles. The molecule has 0 bridgehead atoms. The molecule has 1 aliphatic rings. The highest BCUT2D eigenvalue weighted by atomic mass is 35.5. The summed E-state index contributed by atoms with van der Waals surface area (Å²) in [6.07, 6.45) is 0.232. The van der Waals surface area contributed by atoms with Crippen LogP contribution in [0.1, 0.15) is 16.8 Å². The van der Waals surface area contributed by atoms with Crippen LogP contribution >= 0.6 is 23.2 Å². The van der Waals surface area contributed by atoms with E-state index in [-0.39, 0.29) is 41.1 Å². The molecule has 1 aliphatic heterocycles. The number of benzene rings is 1. The SMILES string of the molecule is O=C(O)c1cc(F)cc(Cl)c1N1CC(CCl)CC1=O. The first-order valence-corrected chi connectivity index (χ1v) is 6.44. The minimum atomic E-state index is -1.33. The molecule has 7 heteroatoms. The number of carbonyl (C=O) groups is 2. The fourth-order valence-corrected chi connectivity index (χ4v) is 2.62. The lowest BCUT2D eigenvalue weighted by molar-refractivity contribution is -0.117. The zero-order valence-corrected chi connectivity index (χ0v) is 11.2. The molecule has 19 heavy (non-hydrogen) atoms. The summed E-state index contributed by atoms with van der Waals surface area (Å²) in [5, 5.41) is 9.00. The van der Waals surface area contributed by atoms with Gasteiger partial charge < -0.3 is 10.0 Å². The predicted molar refractivity (Wildman–Crippen MR) is 69.5 cm³/mol. The number of nitrogens with zero attached hydrogens (tertiary/aromatic N) is 1. The van der Waals surface area contributed by atoms with Gasteiger partial charge in [-0.1, -0.05) is 11.6 Å². The first-order chi connectivity index (χ1) is 8.93. The maximum absolute atomic E-state index is 13.2. The number of hydrogen-bond donors (Lipinski definition) is 1. The molecule has 1 unspecified atom stereocenters. The molecule has 1 atom stereocenters. The number of hydrogen-bond acceptors (Lipinski definition) is 2. The second-order valence-electron chi connectivity index (χ2n) is 4.32. The largest absolute Gasteiger partial charge is 0.478 e. The fraction of sp³-hybridized carbons (Fsp3) is 0.333. The highest BCUT2D eigenvalue weighted by Gasteiger charge is 2.34. The molecule has 1 N–H and O–H groups in total. The van der Waals surface area contributed by atoms with Crippen molar-refractivity contribution in [1.29, 1.82) is 0 Å². The average molecular weight is 306 g/mol. The van der Waals surface area contributed by atoms with Crippen molar-refractivity contribution >= 4 is 40.8 Å². The highest BCUT2D eigenvalue weighted by molar-refractivity contribution is 6.35. The number of carbonyl (C=O) groups excluding carboxylic acids is 1. The smallest absolute Gasteiger partial charge is 0.337 e. The quantitative estimate of drug-likeness (QED) is 0.874. The third-order valence-corrected chi connectivity index (χ3v) is 3.68. The van der Waals surface area contributed by atoms with Crippen molar-refractivity contribution < 1.29 is 19.1 Å². The van der Waals surface area contributed by atoms with E-state index in [0.717, 1.165) is 12.1 Å². The Balaban J connectivity index is 2.50. The Hall–Kier alpha value is -1.33. The van der Waals surface area contributed by atoms with Crippen LogP contribution in [-0.4, -0.2) is 29.4 Å². The topological polar surface area (TPSA) is 57.6 Å². The third-order valence-electron chi connectivity index (χ3n) is 2.95. The van der Waals surface area contributed by atoms with Crippen molar-refractivity contribution in [2.75, 3.05) is 17.3 Å². The summed E-state index contributed by atoms with van der Waals surface area (Å²) in [7, 11) is 0. The van der Waals surface area contributed by atoms with Crippen LogP contribution in [0.4, 0.5) is 10.1 Å². The van der Waals surface area contributed by atoms with E-state index in [4.69, 9.17) is 28.3 Å². The molecule has 2 rings (SSSR count). The van der Waals surface area contributed by atoms with Crippen LogP contribution < -0.4 is 4.90 Å². The lowest BCUT2D eigenvalue weighted by Gasteiger charge is -2.20. The molecular formula is C12H10Cl2FNO3. The van der Waals surface area contributed by atoms with Crippen molar-refractivity contribution in [2.45, 2.75) is 6.42 Å². The van der Waals surface area contributed by atoms with E-state index in [2.05, 4.69) is 0 Å². The lowest BCUT2D eigenvalue weighted by Crippen LogP contribution is -2.27.